The van der Waals surface area contributed by atoms with Crippen LogP contribution < -0.4 is 0 Å². The molecule has 20 heavy (non-hydrogen) atoms. The van der Waals surface area contributed by atoms with Crippen LogP contribution in [0.2, 0.25) is 0 Å². The van der Waals surface area contributed by atoms with E-state index in [2.05, 4.69) is 4.98 Å². The molecular weight excluding hydrogens is 502 g/mol. The molecule has 2 aromatic rings. The van der Waals surface area contributed by atoms with Crippen molar-refractivity contribution in [3.63, 3.8) is 0 Å². The van der Waals surface area contributed by atoms with Gasteiger partial charge in [0.1, 0.15) is 0 Å². The molecule has 8 heteroatoms. The molecule has 1 heterocycles. The summed E-state index contributed by atoms with van der Waals surface area (Å²) in [5.74, 6) is -5.66. The average Bonchev–Trinajstić information content (AvgIpc) is 2.50. The molecule has 0 saturated heterocycles. The van der Waals surface area contributed by atoms with Crippen LogP contribution in [-0.4, -0.2) is 4.98 Å². The van der Waals surface area contributed by atoms with Gasteiger partial charge in [-0.1, -0.05) is 0 Å². The van der Waals surface area contributed by atoms with Crippen molar-refractivity contribution in [2.45, 2.75) is 0 Å². The highest BCUT2D eigenvalue weighted by molar-refractivity contribution is 14.1. The van der Waals surface area contributed by atoms with E-state index in [-0.39, 0.29) is 0 Å². The lowest BCUT2D eigenvalue weighted by molar-refractivity contribution is 0.423. The molecule has 0 bridgehead atoms. The van der Waals surface area contributed by atoms with Crippen molar-refractivity contribution >= 4 is 45.2 Å². The van der Waals surface area contributed by atoms with Crippen LogP contribution in [0.3, 0.4) is 0 Å². The molecule has 0 aliphatic rings. The van der Waals surface area contributed by atoms with E-state index in [1.54, 1.807) is 24.5 Å². The van der Waals surface area contributed by atoms with Crippen molar-refractivity contribution in [2.75, 3.05) is 0 Å². The first kappa shape index (κ1) is 17.1. The van der Waals surface area contributed by atoms with Crippen LogP contribution in [0.5, 0.6) is 0 Å². The highest BCUT2D eigenvalue weighted by Gasteiger charge is 2.21. The Hall–Kier alpha value is -0.960. The summed E-state index contributed by atoms with van der Waals surface area (Å²) in [6.07, 6.45) is 3.19. The molecular formula is C12H4F4I2N2. The maximum Gasteiger partial charge on any atom is 0.196 e. The number of aromatic nitrogens is 1. The van der Waals surface area contributed by atoms with E-state index in [9.17, 15) is 17.6 Å². The second-order valence-corrected chi connectivity index (χ2v) is 5.39. The Balaban J connectivity index is 0.000000217. The summed E-state index contributed by atoms with van der Waals surface area (Å²) < 4.78 is 49.3. The summed E-state index contributed by atoms with van der Waals surface area (Å²) in [5, 5.41) is 8.26. The fourth-order valence-corrected chi connectivity index (χ4v) is 2.53. The molecule has 1 aromatic carbocycles. The van der Waals surface area contributed by atoms with Gasteiger partial charge in [0.15, 0.2) is 23.3 Å². The molecule has 2 nitrogen and oxygen atoms in total. The topological polar surface area (TPSA) is 36.7 Å². The highest BCUT2D eigenvalue weighted by atomic mass is 127. The van der Waals surface area contributed by atoms with E-state index >= 15 is 0 Å². The fourth-order valence-electron chi connectivity index (χ4n) is 1.00. The van der Waals surface area contributed by atoms with Crippen LogP contribution >= 0.6 is 45.2 Å². The monoisotopic (exact) mass is 506 g/mol. The first-order valence-corrected chi connectivity index (χ1v) is 7.03. The fraction of sp³-hybridized carbons (Fsp3) is 0. The van der Waals surface area contributed by atoms with E-state index < -0.39 is 30.4 Å². The van der Waals surface area contributed by atoms with Crippen LogP contribution in [-0.2, 0) is 0 Å². The summed E-state index contributed by atoms with van der Waals surface area (Å²) in [7, 11) is 0. The quantitative estimate of drug-likeness (QED) is 0.230. The van der Waals surface area contributed by atoms with Gasteiger partial charge in [0.05, 0.1) is 18.8 Å². The summed E-state index contributed by atoms with van der Waals surface area (Å²) in [4.78, 5) is 3.74. The lowest BCUT2D eigenvalue weighted by Gasteiger charge is -2.02. The van der Waals surface area contributed by atoms with Crippen molar-refractivity contribution in [1.29, 1.82) is 5.26 Å². The largest absolute Gasteiger partial charge is 0.265 e. The Kier molecular flexibility index (Phi) is 6.60. The lowest BCUT2D eigenvalue weighted by Crippen LogP contribution is -2.02. The number of halogens is 6. The third-order valence-electron chi connectivity index (χ3n) is 1.97. The number of hydrogen-bond acceptors (Lipinski definition) is 2. The van der Waals surface area contributed by atoms with Gasteiger partial charge < -0.3 is 0 Å². The van der Waals surface area contributed by atoms with Gasteiger partial charge in [-0.05, 0) is 57.3 Å². The van der Waals surface area contributed by atoms with Gasteiger partial charge in [0.25, 0.3) is 0 Å². The van der Waals surface area contributed by atoms with Gasteiger partial charge in [-0.3, -0.25) is 4.98 Å². The molecule has 0 atom stereocenters. The lowest BCUT2D eigenvalue weighted by atomic mass is 10.3. The smallest absolute Gasteiger partial charge is 0.196 e. The van der Waals surface area contributed by atoms with Gasteiger partial charge in [-0.25, -0.2) is 17.6 Å². The van der Waals surface area contributed by atoms with E-state index in [1.165, 1.54) is 45.2 Å². The van der Waals surface area contributed by atoms with Crippen LogP contribution in [0.1, 0.15) is 5.56 Å². The second kappa shape index (κ2) is 7.72. The minimum Gasteiger partial charge on any atom is -0.265 e. The molecule has 2 rings (SSSR count). The summed E-state index contributed by atoms with van der Waals surface area (Å²) >= 11 is 2.55. The van der Waals surface area contributed by atoms with Crippen LogP contribution in [0.4, 0.5) is 17.6 Å². The Morgan fingerprint density at radius 1 is 0.850 bits per heavy atom. The highest BCUT2D eigenvalue weighted by Crippen LogP contribution is 2.26. The Morgan fingerprint density at radius 2 is 1.30 bits per heavy atom. The van der Waals surface area contributed by atoms with Gasteiger partial charge >= 0.3 is 0 Å². The van der Waals surface area contributed by atoms with E-state index in [0.29, 0.717) is 5.56 Å². The normalized spacial score (nSPS) is 9.45. The Bertz CT molecular complexity index is 552. The number of benzene rings is 1. The average molecular weight is 506 g/mol. The first-order chi connectivity index (χ1) is 9.40. The number of nitrogens with zero attached hydrogens (tertiary/aromatic N) is 2. The van der Waals surface area contributed by atoms with Crippen molar-refractivity contribution in [3.05, 3.63) is 60.5 Å². The Labute approximate surface area is 139 Å². The Morgan fingerprint density at radius 3 is 1.65 bits per heavy atom. The summed E-state index contributed by atoms with van der Waals surface area (Å²) in [6, 6.07) is 5.32. The zero-order valence-electron chi connectivity index (χ0n) is 9.47. The number of hydrogen-bond donors (Lipinski definition) is 0. The maximum absolute atomic E-state index is 12.8. The summed E-state index contributed by atoms with van der Waals surface area (Å²) in [6.45, 7) is 0. The van der Waals surface area contributed by atoms with Crippen molar-refractivity contribution in [2.24, 2.45) is 0 Å². The molecule has 0 spiro atoms. The number of pyridine rings is 1. The van der Waals surface area contributed by atoms with Gasteiger partial charge in [0.2, 0.25) is 0 Å². The molecule has 0 N–H and O–H groups in total. The van der Waals surface area contributed by atoms with Gasteiger partial charge in [-0.2, -0.15) is 5.26 Å². The number of rotatable bonds is 0. The molecule has 104 valence electrons. The predicted molar refractivity (Wildman–Crippen MR) is 80.7 cm³/mol. The molecule has 0 saturated carbocycles. The molecule has 1 aromatic heterocycles. The molecule has 0 radical (unpaired) electrons. The van der Waals surface area contributed by atoms with E-state index in [0.717, 1.165) is 0 Å². The minimum absolute atomic E-state index is 0.532. The third kappa shape index (κ3) is 4.02. The molecule has 0 amide bonds. The molecule has 0 aliphatic carbocycles. The van der Waals surface area contributed by atoms with Crippen molar-refractivity contribution in [3.8, 4) is 6.07 Å². The van der Waals surface area contributed by atoms with E-state index in [1.807, 2.05) is 6.07 Å². The first-order valence-electron chi connectivity index (χ1n) is 4.87. The van der Waals surface area contributed by atoms with Crippen LogP contribution in [0, 0.1) is 41.7 Å². The zero-order valence-corrected chi connectivity index (χ0v) is 13.8. The molecule has 0 unspecified atom stereocenters. The van der Waals surface area contributed by atoms with Gasteiger partial charge in [-0.15, -0.1) is 0 Å². The number of nitriles is 1. The van der Waals surface area contributed by atoms with Crippen LogP contribution in [0.15, 0.2) is 24.5 Å². The SMILES string of the molecule is Fc1c(F)c(I)c(F)c(I)c1F.N#Cc1ccncc1. The third-order valence-corrected chi connectivity index (χ3v) is 3.86. The van der Waals surface area contributed by atoms with Crippen LogP contribution in [0.25, 0.3) is 0 Å². The predicted octanol–water partition coefficient (Wildman–Crippen LogP) is 4.41. The maximum atomic E-state index is 12.8. The summed E-state index contributed by atoms with van der Waals surface area (Å²) in [5.41, 5.74) is 0.653. The minimum atomic E-state index is -1.63. The van der Waals surface area contributed by atoms with Gasteiger partial charge in [0, 0.05) is 12.4 Å². The van der Waals surface area contributed by atoms with E-state index in [4.69, 9.17) is 5.26 Å². The molecule has 0 aliphatic heterocycles. The standard InChI is InChI=1S/C6F4I2.C6H4N2/c7-1-2(8)5(11)4(10)6(12)3(1)9;7-5-6-1-3-8-4-2-6/h;1-4H. The van der Waals surface area contributed by atoms with Crippen molar-refractivity contribution < 1.29 is 17.6 Å². The zero-order chi connectivity index (χ0) is 15.3. The second-order valence-electron chi connectivity index (χ2n) is 3.23. The molecule has 0 fully saturated rings. The van der Waals surface area contributed by atoms with Crippen molar-refractivity contribution in [1.82, 2.24) is 4.98 Å².